The number of hydrogen-bond donors (Lipinski definition) is 1. The van der Waals surface area contributed by atoms with E-state index < -0.39 is 0 Å². The molecule has 1 fully saturated rings. The molecule has 2 atom stereocenters. The van der Waals surface area contributed by atoms with Crippen LogP contribution in [0.5, 0.6) is 11.5 Å². The SMILES string of the molecule is Cl.c1ccc2c(c1)OC[C@@H]([C@@H]1CCCN1)O2. The summed E-state index contributed by atoms with van der Waals surface area (Å²) in [5, 5.41) is 3.45. The third kappa shape index (κ3) is 2.11. The van der Waals surface area contributed by atoms with Crippen LogP contribution in [-0.4, -0.2) is 25.3 Å². The van der Waals surface area contributed by atoms with Gasteiger partial charge in [0.2, 0.25) is 0 Å². The van der Waals surface area contributed by atoms with Gasteiger partial charge < -0.3 is 14.8 Å². The Labute approximate surface area is 102 Å². The Balaban J connectivity index is 0.000000963. The van der Waals surface area contributed by atoms with Crippen molar-refractivity contribution < 1.29 is 9.47 Å². The summed E-state index contributed by atoms with van der Waals surface area (Å²) < 4.78 is 11.6. The lowest BCUT2D eigenvalue weighted by Gasteiger charge is -2.30. The maximum Gasteiger partial charge on any atom is 0.161 e. The summed E-state index contributed by atoms with van der Waals surface area (Å²) in [6.07, 6.45) is 2.60. The molecule has 16 heavy (non-hydrogen) atoms. The summed E-state index contributed by atoms with van der Waals surface area (Å²) in [7, 11) is 0. The van der Waals surface area contributed by atoms with E-state index in [0.29, 0.717) is 12.6 Å². The van der Waals surface area contributed by atoms with E-state index in [1.807, 2.05) is 24.3 Å². The van der Waals surface area contributed by atoms with Gasteiger partial charge in [0.05, 0.1) is 0 Å². The topological polar surface area (TPSA) is 30.5 Å². The van der Waals surface area contributed by atoms with E-state index in [0.717, 1.165) is 18.0 Å². The lowest BCUT2D eigenvalue weighted by atomic mass is 10.1. The van der Waals surface area contributed by atoms with Gasteiger partial charge >= 0.3 is 0 Å². The number of fused-ring (bicyclic) bond motifs is 1. The Hall–Kier alpha value is -0.930. The molecule has 3 rings (SSSR count). The number of para-hydroxylation sites is 2. The van der Waals surface area contributed by atoms with Crippen LogP contribution in [0.2, 0.25) is 0 Å². The molecule has 88 valence electrons. The molecule has 1 aromatic rings. The maximum atomic E-state index is 5.93. The summed E-state index contributed by atoms with van der Waals surface area (Å²) in [6.45, 7) is 1.76. The van der Waals surface area contributed by atoms with Crippen LogP contribution in [0.15, 0.2) is 24.3 Å². The Morgan fingerprint density at radius 1 is 1.19 bits per heavy atom. The second-order valence-electron chi connectivity index (χ2n) is 4.12. The minimum atomic E-state index is 0. The molecule has 1 N–H and O–H groups in total. The highest BCUT2D eigenvalue weighted by atomic mass is 35.5. The number of ether oxygens (including phenoxy) is 2. The molecule has 2 aliphatic heterocycles. The number of nitrogens with one attached hydrogen (secondary N) is 1. The zero-order chi connectivity index (χ0) is 10.1. The maximum absolute atomic E-state index is 5.93. The lowest BCUT2D eigenvalue weighted by Crippen LogP contribution is -2.44. The van der Waals surface area contributed by atoms with Gasteiger partial charge in [-0.1, -0.05) is 12.1 Å². The molecule has 0 radical (unpaired) electrons. The highest BCUT2D eigenvalue weighted by Crippen LogP contribution is 2.32. The molecule has 1 saturated heterocycles. The summed E-state index contributed by atoms with van der Waals surface area (Å²) in [6, 6.07) is 8.32. The molecule has 1 aromatic carbocycles. The van der Waals surface area contributed by atoms with Crippen LogP contribution < -0.4 is 14.8 Å². The number of rotatable bonds is 1. The molecular weight excluding hydrogens is 226 g/mol. The number of hydrogen-bond acceptors (Lipinski definition) is 3. The molecular formula is C12H16ClNO2. The average Bonchev–Trinajstić information content (AvgIpc) is 2.82. The largest absolute Gasteiger partial charge is 0.486 e. The van der Waals surface area contributed by atoms with Crippen molar-refractivity contribution in [3.63, 3.8) is 0 Å². The Morgan fingerprint density at radius 3 is 2.75 bits per heavy atom. The fourth-order valence-electron chi connectivity index (χ4n) is 2.26. The predicted molar refractivity (Wildman–Crippen MR) is 64.6 cm³/mol. The molecule has 0 unspecified atom stereocenters. The molecule has 4 heteroatoms. The van der Waals surface area contributed by atoms with Gasteiger partial charge in [-0.3, -0.25) is 0 Å². The normalized spacial score (nSPS) is 27.2. The first kappa shape index (κ1) is 11.6. The smallest absolute Gasteiger partial charge is 0.161 e. The predicted octanol–water partition coefficient (Wildman–Crippen LogP) is 2.00. The first-order valence-corrected chi connectivity index (χ1v) is 5.55. The highest BCUT2D eigenvalue weighted by molar-refractivity contribution is 5.85. The van der Waals surface area contributed by atoms with Crippen LogP contribution in [0.1, 0.15) is 12.8 Å². The Bertz CT molecular complexity index is 353. The number of benzene rings is 1. The molecule has 2 heterocycles. The molecule has 3 nitrogen and oxygen atoms in total. The minimum Gasteiger partial charge on any atom is -0.486 e. The molecule has 0 saturated carbocycles. The third-order valence-corrected chi connectivity index (χ3v) is 3.08. The van der Waals surface area contributed by atoms with Gasteiger partial charge in [-0.25, -0.2) is 0 Å². The molecule has 0 amide bonds. The first-order valence-electron chi connectivity index (χ1n) is 5.55. The monoisotopic (exact) mass is 241 g/mol. The zero-order valence-electron chi connectivity index (χ0n) is 9.02. The highest BCUT2D eigenvalue weighted by Gasteiger charge is 2.30. The van der Waals surface area contributed by atoms with Gasteiger partial charge in [-0.05, 0) is 31.5 Å². The van der Waals surface area contributed by atoms with Gasteiger partial charge in [0.1, 0.15) is 12.7 Å². The minimum absolute atomic E-state index is 0. The van der Waals surface area contributed by atoms with E-state index in [1.165, 1.54) is 12.8 Å². The van der Waals surface area contributed by atoms with Crippen molar-refractivity contribution in [1.82, 2.24) is 5.32 Å². The van der Waals surface area contributed by atoms with Crippen molar-refractivity contribution in [2.24, 2.45) is 0 Å². The summed E-state index contributed by atoms with van der Waals surface area (Å²) >= 11 is 0. The summed E-state index contributed by atoms with van der Waals surface area (Å²) in [5.41, 5.74) is 0. The molecule has 0 aliphatic carbocycles. The van der Waals surface area contributed by atoms with Crippen LogP contribution in [0.25, 0.3) is 0 Å². The van der Waals surface area contributed by atoms with Gasteiger partial charge in [0.15, 0.2) is 11.5 Å². The van der Waals surface area contributed by atoms with E-state index in [9.17, 15) is 0 Å². The molecule has 0 aromatic heterocycles. The van der Waals surface area contributed by atoms with Gasteiger partial charge in [-0.2, -0.15) is 0 Å². The van der Waals surface area contributed by atoms with Crippen LogP contribution in [0, 0.1) is 0 Å². The van der Waals surface area contributed by atoms with Gasteiger partial charge in [0.25, 0.3) is 0 Å². The quantitative estimate of drug-likeness (QED) is 0.816. The Kier molecular flexibility index (Phi) is 3.56. The molecule has 2 aliphatic rings. The second kappa shape index (κ2) is 4.93. The van der Waals surface area contributed by atoms with E-state index in [2.05, 4.69) is 5.32 Å². The van der Waals surface area contributed by atoms with Crippen LogP contribution in [-0.2, 0) is 0 Å². The summed E-state index contributed by atoms with van der Waals surface area (Å²) in [5.74, 6) is 1.74. The lowest BCUT2D eigenvalue weighted by molar-refractivity contribution is 0.0672. The van der Waals surface area contributed by atoms with Gasteiger partial charge in [-0.15, -0.1) is 12.4 Å². The zero-order valence-corrected chi connectivity index (χ0v) is 9.83. The Morgan fingerprint density at radius 2 is 2.00 bits per heavy atom. The standard InChI is InChI=1S/C12H15NO2.ClH/c1-2-6-11-10(5-1)14-8-12(15-11)9-4-3-7-13-9;/h1-2,5-6,9,12-13H,3-4,7-8H2;1H/t9-,12-;/m0./s1. The van der Waals surface area contributed by atoms with E-state index in [4.69, 9.17) is 9.47 Å². The fourth-order valence-corrected chi connectivity index (χ4v) is 2.26. The van der Waals surface area contributed by atoms with Gasteiger partial charge in [0, 0.05) is 6.04 Å². The van der Waals surface area contributed by atoms with Crippen molar-refractivity contribution in [2.45, 2.75) is 25.0 Å². The second-order valence-corrected chi connectivity index (χ2v) is 4.12. The van der Waals surface area contributed by atoms with E-state index in [-0.39, 0.29) is 18.5 Å². The first-order chi connectivity index (χ1) is 7.43. The third-order valence-electron chi connectivity index (χ3n) is 3.08. The summed E-state index contributed by atoms with van der Waals surface area (Å²) in [4.78, 5) is 0. The molecule has 0 bridgehead atoms. The van der Waals surface area contributed by atoms with Crippen molar-refractivity contribution in [3.05, 3.63) is 24.3 Å². The van der Waals surface area contributed by atoms with Crippen molar-refractivity contribution in [2.75, 3.05) is 13.2 Å². The van der Waals surface area contributed by atoms with Crippen LogP contribution >= 0.6 is 12.4 Å². The number of halogens is 1. The molecule has 0 spiro atoms. The van der Waals surface area contributed by atoms with E-state index >= 15 is 0 Å². The van der Waals surface area contributed by atoms with Crippen molar-refractivity contribution in [3.8, 4) is 11.5 Å². The average molecular weight is 242 g/mol. The van der Waals surface area contributed by atoms with Crippen molar-refractivity contribution in [1.29, 1.82) is 0 Å². The van der Waals surface area contributed by atoms with E-state index in [1.54, 1.807) is 0 Å². The fraction of sp³-hybridized carbons (Fsp3) is 0.500. The van der Waals surface area contributed by atoms with Crippen LogP contribution in [0.4, 0.5) is 0 Å². The van der Waals surface area contributed by atoms with Crippen molar-refractivity contribution >= 4 is 12.4 Å². The van der Waals surface area contributed by atoms with Crippen LogP contribution in [0.3, 0.4) is 0 Å².